The van der Waals surface area contributed by atoms with Crippen molar-refractivity contribution in [3.63, 3.8) is 0 Å². The topological polar surface area (TPSA) is 67.8 Å². The van der Waals surface area contributed by atoms with E-state index in [1.807, 2.05) is 13.0 Å². The van der Waals surface area contributed by atoms with E-state index in [-0.39, 0.29) is 22.9 Å². The maximum atomic E-state index is 14.9. The molecule has 1 amide bonds. The highest BCUT2D eigenvalue weighted by Crippen LogP contribution is 2.39. The van der Waals surface area contributed by atoms with E-state index in [4.69, 9.17) is 21.1 Å². The SMILES string of the molecule is CCc1cc2c(N3CC4CC3CN4C(=O)OC(C)(C)OC)nc(Cl)nc2c(F)c1Br. The number of fused-ring (bicyclic) bond motifs is 3. The molecule has 0 radical (unpaired) electrons. The zero-order valence-corrected chi connectivity index (χ0v) is 19.5. The number of anilines is 1. The Hall–Kier alpha value is -1.71. The van der Waals surface area contributed by atoms with Crippen molar-refractivity contribution in [1.82, 2.24) is 14.9 Å². The zero-order chi connectivity index (χ0) is 21.8. The molecule has 0 N–H and O–H groups in total. The van der Waals surface area contributed by atoms with Gasteiger partial charge in [0.05, 0.1) is 16.6 Å². The van der Waals surface area contributed by atoms with Gasteiger partial charge in [0.15, 0.2) is 5.82 Å². The Kier molecular flexibility index (Phi) is 5.57. The Bertz CT molecular complexity index is 1020. The number of ether oxygens (including phenoxy) is 2. The number of carbonyl (C=O) groups is 1. The average Bonchev–Trinajstić information content (AvgIpc) is 3.31. The Morgan fingerprint density at radius 1 is 1.37 bits per heavy atom. The molecule has 0 spiro atoms. The molecule has 162 valence electrons. The second kappa shape index (κ2) is 7.76. The fourth-order valence-corrected chi connectivity index (χ4v) is 4.90. The van der Waals surface area contributed by atoms with Crippen LogP contribution in [0.3, 0.4) is 0 Å². The molecule has 2 unspecified atom stereocenters. The smallest absolute Gasteiger partial charge is 0.412 e. The summed E-state index contributed by atoms with van der Waals surface area (Å²) < 4.78 is 26.0. The number of piperazine rings is 1. The highest BCUT2D eigenvalue weighted by molar-refractivity contribution is 9.10. The van der Waals surface area contributed by atoms with E-state index in [0.29, 0.717) is 35.2 Å². The minimum Gasteiger partial charge on any atom is -0.417 e. The fraction of sp³-hybridized carbons (Fsp3) is 0.550. The normalized spacial score (nSPS) is 21.0. The number of hydrogen-bond acceptors (Lipinski definition) is 6. The number of rotatable bonds is 4. The van der Waals surface area contributed by atoms with Crippen molar-refractivity contribution in [1.29, 1.82) is 0 Å². The quantitative estimate of drug-likeness (QED) is 0.453. The van der Waals surface area contributed by atoms with Crippen molar-refractivity contribution in [2.45, 2.75) is 51.5 Å². The molecular formula is C20H23BrClFN4O3. The van der Waals surface area contributed by atoms with Gasteiger partial charge in [-0.1, -0.05) is 6.92 Å². The largest absolute Gasteiger partial charge is 0.417 e. The summed E-state index contributed by atoms with van der Waals surface area (Å²) in [6.07, 6.45) is 1.05. The van der Waals surface area contributed by atoms with Crippen molar-refractivity contribution in [3.05, 3.63) is 27.2 Å². The minimum absolute atomic E-state index is 0.00608. The number of benzene rings is 1. The zero-order valence-electron chi connectivity index (χ0n) is 17.2. The number of carbonyl (C=O) groups excluding carboxylic acids is 1. The number of nitrogens with zero attached hydrogens (tertiary/aromatic N) is 4. The molecule has 7 nitrogen and oxygen atoms in total. The van der Waals surface area contributed by atoms with Gasteiger partial charge in [-0.05, 0) is 52.0 Å². The monoisotopic (exact) mass is 500 g/mol. The number of hydrogen-bond donors (Lipinski definition) is 0. The Morgan fingerprint density at radius 2 is 2.10 bits per heavy atom. The van der Waals surface area contributed by atoms with Crippen LogP contribution in [-0.2, 0) is 15.9 Å². The van der Waals surface area contributed by atoms with Crippen LogP contribution in [0.25, 0.3) is 10.9 Å². The third-order valence-corrected chi connectivity index (χ3v) is 6.88. The van der Waals surface area contributed by atoms with E-state index in [0.717, 1.165) is 12.0 Å². The minimum atomic E-state index is -0.990. The lowest BCUT2D eigenvalue weighted by Gasteiger charge is -2.36. The van der Waals surface area contributed by atoms with Gasteiger partial charge in [0.2, 0.25) is 11.1 Å². The number of amides is 1. The first-order valence-electron chi connectivity index (χ1n) is 9.80. The predicted octanol–water partition coefficient (Wildman–Crippen LogP) is 4.53. The molecule has 3 heterocycles. The predicted molar refractivity (Wildman–Crippen MR) is 115 cm³/mol. The van der Waals surface area contributed by atoms with Gasteiger partial charge in [0, 0.05) is 39.4 Å². The van der Waals surface area contributed by atoms with Gasteiger partial charge in [-0.2, -0.15) is 4.98 Å². The Labute approximate surface area is 187 Å². The lowest BCUT2D eigenvalue weighted by molar-refractivity contribution is -0.164. The van der Waals surface area contributed by atoms with Gasteiger partial charge >= 0.3 is 6.09 Å². The summed E-state index contributed by atoms with van der Waals surface area (Å²) in [7, 11) is 1.50. The molecule has 10 heteroatoms. The lowest BCUT2D eigenvalue weighted by Crippen LogP contribution is -2.50. The van der Waals surface area contributed by atoms with E-state index in [1.165, 1.54) is 7.11 Å². The van der Waals surface area contributed by atoms with Gasteiger partial charge in [-0.25, -0.2) is 14.2 Å². The van der Waals surface area contributed by atoms with Crippen LogP contribution < -0.4 is 4.90 Å². The lowest BCUT2D eigenvalue weighted by atomic mass is 10.1. The van der Waals surface area contributed by atoms with Gasteiger partial charge in [-0.15, -0.1) is 0 Å². The van der Waals surface area contributed by atoms with Crippen molar-refractivity contribution in [2.75, 3.05) is 25.1 Å². The molecule has 1 aromatic carbocycles. The molecule has 2 bridgehead atoms. The molecule has 1 aromatic heterocycles. The molecular weight excluding hydrogens is 479 g/mol. The van der Waals surface area contributed by atoms with E-state index in [2.05, 4.69) is 30.8 Å². The van der Waals surface area contributed by atoms with E-state index in [9.17, 15) is 9.18 Å². The summed E-state index contributed by atoms with van der Waals surface area (Å²) in [6.45, 7) is 6.41. The van der Waals surface area contributed by atoms with Crippen molar-refractivity contribution in [3.8, 4) is 0 Å². The molecule has 4 rings (SSSR count). The van der Waals surface area contributed by atoms with Crippen molar-refractivity contribution in [2.24, 2.45) is 0 Å². The molecule has 0 saturated carbocycles. The second-order valence-corrected chi connectivity index (χ2v) is 9.18. The highest BCUT2D eigenvalue weighted by Gasteiger charge is 2.47. The molecule has 2 saturated heterocycles. The number of halogens is 3. The number of aryl methyl sites for hydroxylation is 1. The summed E-state index contributed by atoms with van der Waals surface area (Å²) >= 11 is 9.46. The van der Waals surface area contributed by atoms with Gasteiger partial charge < -0.3 is 19.3 Å². The molecule has 2 aliphatic rings. The summed E-state index contributed by atoms with van der Waals surface area (Å²) in [4.78, 5) is 25.0. The van der Waals surface area contributed by atoms with Crippen LogP contribution in [0.15, 0.2) is 10.5 Å². The van der Waals surface area contributed by atoms with Gasteiger partial charge in [-0.3, -0.25) is 0 Å². The summed E-state index contributed by atoms with van der Waals surface area (Å²) in [5.41, 5.74) is 1.03. The Morgan fingerprint density at radius 3 is 2.70 bits per heavy atom. The van der Waals surface area contributed by atoms with E-state index >= 15 is 0 Å². The van der Waals surface area contributed by atoms with Crippen LogP contribution in [0.1, 0.15) is 32.8 Å². The number of aromatic nitrogens is 2. The summed E-state index contributed by atoms with van der Waals surface area (Å²) in [5, 5.41) is 0.618. The molecule has 2 atom stereocenters. The average molecular weight is 502 g/mol. The van der Waals surface area contributed by atoms with E-state index < -0.39 is 17.7 Å². The molecule has 2 fully saturated rings. The van der Waals surface area contributed by atoms with E-state index in [1.54, 1.807) is 18.7 Å². The van der Waals surface area contributed by atoms with Gasteiger partial charge in [0.25, 0.3) is 0 Å². The second-order valence-electron chi connectivity index (χ2n) is 8.05. The number of methoxy groups -OCH3 is 1. The standard InChI is InChI=1S/C20H23BrClFN4O3/c1-5-10-6-13-16(15(23)14(10)21)24-18(22)25-17(13)26-8-12-7-11(26)9-27(12)19(28)30-20(2,3)29-4/h6,11-12H,5,7-9H2,1-4H3. The van der Waals surface area contributed by atoms with Crippen LogP contribution in [0.5, 0.6) is 0 Å². The molecule has 2 aromatic rings. The van der Waals surface area contributed by atoms with Crippen LogP contribution in [0.2, 0.25) is 5.28 Å². The first-order chi connectivity index (χ1) is 14.1. The van der Waals surface area contributed by atoms with Crippen LogP contribution in [-0.4, -0.2) is 59.0 Å². The third kappa shape index (κ3) is 3.61. The summed E-state index contributed by atoms with van der Waals surface area (Å²) in [5.74, 6) is -0.828. The first-order valence-corrected chi connectivity index (χ1v) is 11.0. The maximum Gasteiger partial charge on any atom is 0.412 e. The molecule has 0 aliphatic carbocycles. The number of likely N-dealkylation sites (tertiary alicyclic amines) is 1. The summed E-state index contributed by atoms with van der Waals surface area (Å²) in [6, 6.07) is 1.93. The molecule has 30 heavy (non-hydrogen) atoms. The highest BCUT2D eigenvalue weighted by atomic mass is 79.9. The van der Waals surface area contributed by atoms with Crippen molar-refractivity contribution >= 4 is 50.3 Å². The van der Waals surface area contributed by atoms with Crippen LogP contribution in [0, 0.1) is 5.82 Å². The fourth-order valence-electron chi connectivity index (χ4n) is 4.15. The first kappa shape index (κ1) is 21.5. The third-order valence-electron chi connectivity index (χ3n) is 5.85. The van der Waals surface area contributed by atoms with Gasteiger partial charge in [0.1, 0.15) is 11.3 Å². The molecule has 2 aliphatic heterocycles. The Balaban J connectivity index is 1.65. The van der Waals surface area contributed by atoms with Crippen LogP contribution in [0.4, 0.5) is 15.0 Å². The van der Waals surface area contributed by atoms with Crippen LogP contribution >= 0.6 is 27.5 Å². The van der Waals surface area contributed by atoms with Crippen molar-refractivity contribution < 1.29 is 18.7 Å². The maximum absolute atomic E-state index is 14.9.